The first kappa shape index (κ1) is 20.4. The summed E-state index contributed by atoms with van der Waals surface area (Å²) >= 11 is 7.83. The van der Waals surface area contributed by atoms with Crippen molar-refractivity contribution < 1.29 is 17.2 Å². The summed E-state index contributed by atoms with van der Waals surface area (Å²) in [5.41, 5.74) is 2.52. The molecule has 5 nitrogen and oxygen atoms in total. The summed E-state index contributed by atoms with van der Waals surface area (Å²) < 4.78 is 54.5. The van der Waals surface area contributed by atoms with Crippen molar-refractivity contribution in [1.29, 1.82) is 0 Å². The summed E-state index contributed by atoms with van der Waals surface area (Å²) in [5, 5.41) is 3.24. The number of hydrogen-bond acceptors (Lipinski definition) is 5. The molecule has 2 aromatic carbocycles. The lowest BCUT2D eigenvalue weighted by molar-refractivity contribution is 0.513. The fourth-order valence-electron chi connectivity index (χ4n) is 2.83. The molecule has 0 fully saturated rings. The average Bonchev–Trinajstić information content (AvgIpc) is 3.23. The minimum atomic E-state index is -4.47. The smallest absolute Gasteiger partial charge is 0.267 e. The Morgan fingerprint density at radius 2 is 1.63 bits per heavy atom. The molecule has 2 aromatic heterocycles. The molecule has 0 aliphatic carbocycles. The summed E-state index contributed by atoms with van der Waals surface area (Å²) in [5.74, 6) is -2.55. The van der Waals surface area contributed by atoms with E-state index < -0.39 is 26.6 Å². The molecule has 4 rings (SSSR count). The number of aromatic nitrogens is 2. The van der Waals surface area contributed by atoms with E-state index in [0.717, 1.165) is 21.7 Å². The third-order valence-electron chi connectivity index (χ3n) is 4.17. The maximum Gasteiger partial charge on any atom is 0.267 e. The van der Waals surface area contributed by atoms with Gasteiger partial charge in [0.2, 0.25) is 0 Å². The Hall–Kier alpha value is -2.88. The second-order valence-electron chi connectivity index (χ2n) is 6.15. The first-order valence-corrected chi connectivity index (χ1v) is 11.2. The molecule has 152 valence electrons. The normalized spacial score (nSPS) is 11.4. The highest BCUT2D eigenvalue weighted by molar-refractivity contribution is 7.92. The monoisotopic (exact) mass is 463 g/mol. The number of benzene rings is 2. The van der Waals surface area contributed by atoms with E-state index in [4.69, 9.17) is 11.6 Å². The molecule has 0 radical (unpaired) electrons. The van der Waals surface area contributed by atoms with Crippen LogP contribution in [0.25, 0.3) is 21.7 Å². The number of nitrogens with zero attached hydrogens (tertiary/aromatic N) is 2. The van der Waals surface area contributed by atoms with Crippen LogP contribution in [0, 0.1) is 11.6 Å². The van der Waals surface area contributed by atoms with Crippen molar-refractivity contribution in [2.45, 2.75) is 4.90 Å². The zero-order chi connectivity index (χ0) is 21.3. The van der Waals surface area contributed by atoms with Gasteiger partial charge in [0, 0.05) is 33.4 Å². The van der Waals surface area contributed by atoms with Gasteiger partial charge in [-0.25, -0.2) is 22.2 Å². The van der Waals surface area contributed by atoms with Gasteiger partial charge in [-0.1, -0.05) is 29.8 Å². The fraction of sp³-hybridized carbons (Fsp3) is 0. The summed E-state index contributed by atoms with van der Waals surface area (Å²) in [4.78, 5) is 6.48. The second-order valence-corrected chi connectivity index (χ2v) is 9.07. The molecule has 0 saturated carbocycles. The van der Waals surface area contributed by atoms with E-state index in [1.807, 2.05) is 17.5 Å². The molecule has 30 heavy (non-hydrogen) atoms. The van der Waals surface area contributed by atoms with Crippen LogP contribution >= 0.6 is 22.9 Å². The van der Waals surface area contributed by atoms with Crippen LogP contribution in [0.5, 0.6) is 0 Å². The van der Waals surface area contributed by atoms with E-state index in [-0.39, 0.29) is 5.69 Å². The van der Waals surface area contributed by atoms with Crippen LogP contribution in [0.4, 0.5) is 14.5 Å². The zero-order valence-corrected chi connectivity index (χ0v) is 17.4. The van der Waals surface area contributed by atoms with Gasteiger partial charge in [0.05, 0.1) is 12.4 Å². The van der Waals surface area contributed by atoms with Crippen molar-refractivity contribution in [2.75, 3.05) is 4.72 Å². The molecule has 0 saturated heterocycles. The summed E-state index contributed by atoms with van der Waals surface area (Å²) in [7, 11) is -4.47. The van der Waals surface area contributed by atoms with E-state index in [0.29, 0.717) is 17.4 Å². The number of anilines is 1. The van der Waals surface area contributed by atoms with Crippen LogP contribution in [-0.4, -0.2) is 18.4 Å². The van der Waals surface area contributed by atoms with Crippen LogP contribution < -0.4 is 4.72 Å². The number of rotatable bonds is 5. The second kappa shape index (κ2) is 8.10. The van der Waals surface area contributed by atoms with Gasteiger partial charge in [-0.3, -0.25) is 9.71 Å². The largest absolute Gasteiger partial charge is 0.279 e. The number of nitrogens with one attached hydrogen (secondary N) is 1. The molecular formula is C20H12ClF2N3O2S2. The van der Waals surface area contributed by atoms with Crippen LogP contribution in [-0.2, 0) is 10.0 Å². The maximum absolute atomic E-state index is 13.8. The number of pyridine rings is 1. The Balaban J connectivity index is 1.63. The molecule has 0 bridgehead atoms. The number of sulfonamides is 1. The molecule has 0 amide bonds. The Kier molecular flexibility index (Phi) is 5.50. The average molecular weight is 464 g/mol. The lowest BCUT2D eigenvalue weighted by Gasteiger charge is -2.11. The first-order chi connectivity index (χ1) is 14.3. The van der Waals surface area contributed by atoms with Gasteiger partial charge in [0.15, 0.2) is 16.5 Å². The van der Waals surface area contributed by atoms with E-state index in [1.165, 1.54) is 23.5 Å². The predicted octanol–water partition coefficient (Wildman–Crippen LogP) is 5.60. The van der Waals surface area contributed by atoms with Crippen molar-refractivity contribution >= 4 is 38.6 Å². The molecule has 2 heterocycles. The summed E-state index contributed by atoms with van der Waals surface area (Å²) in [6, 6.07) is 11.8. The lowest BCUT2D eigenvalue weighted by atomic mass is 10.0. The predicted molar refractivity (Wildman–Crippen MR) is 113 cm³/mol. The molecular weight excluding hydrogens is 452 g/mol. The standard InChI is InChI=1S/C20H12ClF2N3O2S2/c21-16-6-3-13(20-25-7-8-29-20)9-15(16)12-1-4-14(5-2-12)26-30(27,28)19-17(22)10-24-11-18(19)23/h1-11,26H. The molecule has 0 unspecified atom stereocenters. The van der Waals surface area contributed by atoms with Crippen molar-refractivity contribution in [3.63, 3.8) is 0 Å². The van der Waals surface area contributed by atoms with Crippen molar-refractivity contribution in [2.24, 2.45) is 0 Å². The van der Waals surface area contributed by atoms with Crippen molar-refractivity contribution in [1.82, 2.24) is 9.97 Å². The molecule has 0 atom stereocenters. The highest BCUT2D eigenvalue weighted by Crippen LogP contribution is 2.34. The van der Waals surface area contributed by atoms with Crippen LogP contribution in [0.3, 0.4) is 0 Å². The van der Waals surface area contributed by atoms with E-state index in [1.54, 1.807) is 24.4 Å². The van der Waals surface area contributed by atoms with Gasteiger partial charge in [0.1, 0.15) is 5.01 Å². The molecule has 0 aliphatic heterocycles. The maximum atomic E-state index is 13.8. The van der Waals surface area contributed by atoms with Gasteiger partial charge in [-0.05, 0) is 29.8 Å². The minimum absolute atomic E-state index is 0.140. The molecule has 0 aliphatic rings. The van der Waals surface area contributed by atoms with Crippen LogP contribution in [0.1, 0.15) is 0 Å². The first-order valence-electron chi connectivity index (χ1n) is 8.47. The SMILES string of the molecule is O=S(=O)(Nc1ccc(-c2cc(-c3nccs3)ccc2Cl)cc1)c1c(F)cncc1F. The fourth-order valence-corrected chi connectivity index (χ4v) is 4.86. The highest BCUT2D eigenvalue weighted by atomic mass is 35.5. The van der Waals surface area contributed by atoms with E-state index in [9.17, 15) is 17.2 Å². The summed E-state index contributed by atoms with van der Waals surface area (Å²) in [6.45, 7) is 0. The Morgan fingerprint density at radius 3 is 2.27 bits per heavy atom. The van der Waals surface area contributed by atoms with Crippen LogP contribution in [0.2, 0.25) is 5.02 Å². The number of halogens is 3. The van der Waals surface area contributed by atoms with Crippen LogP contribution in [0.15, 0.2) is 71.3 Å². The van der Waals surface area contributed by atoms with Crippen molar-refractivity contribution in [3.8, 4) is 21.7 Å². The van der Waals surface area contributed by atoms with Gasteiger partial charge in [-0.15, -0.1) is 11.3 Å². The Labute approximate surface area is 180 Å². The Morgan fingerprint density at radius 1 is 0.967 bits per heavy atom. The van der Waals surface area contributed by atoms with E-state index in [2.05, 4.69) is 14.7 Å². The lowest BCUT2D eigenvalue weighted by Crippen LogP contribution is -2.16. The van der Waals surface area contributed by atoms with Gasteiger partial charge < -0.3 is 0 Å². The third kappa shape index (κ3) is 4.04. The molecule has 10 heteroatoms. The van der Waals surface area contributed by atoms with Crippen molar-refractivity contribution in [3.05, 3.63) is 83.1 Å². The minimum Gasteiger partial charge on any atom is -0.279 e. The number of thiazole rings is 1. The Bertz CT molecular complexity index is 1290. The number of hydrogen-bond donors (Lipinski definition) is 1. The van der Waals surface area contributed by atoms with Gasteiger partial charge >= 0.3 is 0 Å². The summed E-state index contributed by atoms with van der Waals surface area (Å²) in [6.07, 6.45) is 2.99. The topological polar surface area (TPSA) is 72.0 Å². The molecule has 1 N–H and O–H groups in total. The third-order valence-corrected chi connectivity index (χ3v) is 6.76. The van der Waals surface area contributed by atoms with Gasteiger partial charge in [-0.2, -0.15) is 0 Å². The highest BCUT2D eigenvalue weighted by Gasteiger charge is 2.24. The zero-order valence-electron chi connectivity index (χ0n) is 15.0. The van der Waals surface area contributed by atoms with E-state index >= 15 is 0 Å². The molecule has 4 aromatic rings. The molecule has 0 spiro atoms. The quantitative estimate of drug-likeness (QED) is 0.418. The van der Waals surface area contributed by atoms with Gasteiger partial charge in [0.25, 0.3) is 10.0 Å².